The number of likely N-dealkylation sites (tertiary alicyclic amines) is 1. The Hall–Kier alpha value is -1.18. The molecule has 0 aliphatic carbocycles. The predicted octanol–water partition coefficient (Wildman–Crippen LogP) is -0.972. The molecule has 0 saturated carbocycles. The summed E-state index contributed by atoms with van der Waals surface area (Å²) < 4.78 is 0. The molecule has 3 N–H and O–H groups in total. The fourth-order valence-corrected chi connectivity index (χ4v) is 2.97. The molecule has 0 spiro atoms. The highest BCUT2D eigenvalue weighted by atomic mass is 16.4. The van der Waals surface area contributed by atoms with Gasteiger partial charge >= 0.3 is 5.97 Å². The zero-order valence-corrected chi connectivity index (χ0v) is 12.5. The molecule has 120 valence electrons. The van der Waals surface area contributed by atoms with Crippen molar-refractivity contribution < 1.29 is 14.7 Å². The third-order valence-electron chi connectivity index (χ3n) is 4.29. The monoisotopic (exact) mass is 298 g/mol. The number of amides is 1. The van der Waals surface area contributed by atoms with Crippen LogP contribution in [0.25, 0.3) is 0 Å². The molecule has 0 atom stereocenters. The number of carbonyl (C=O) groups is 2. The summed E-state index contributed by atoms with van der Waals surface area (Å²) in [7, 11) is 0. The Kier molecular flexibility index (Phi) is 5.96. The molecule has 0 bridgehead atoms. The van der Waals surface area contributed by atoms with Gasteiger partial charge in [0.05, 0.1) is 13.1 Å². The topological polar surface area (TPSA) is 90.1 Å². The predicted molar refractivity (Wildman–Crippen MR) is 78.9 cm³/mol. The van der Waals surface area contributed by atoms with Crippen LogP contribution in [0.5, 0.6) is 0 Å². The zero-order chi connectivity index (χ0) is 15.2. The van der Waals surface area contributed by atoms with Crippen molar-refractivity contribution >= 4 is 11.9 Å². The molecule has 0 radical (unpaired) electrons. The van der Waals surface area contributed by atoms with E-state index >= 15 is 0 Å². The van der Waals surface area contributed by atoms with Crippen molar-refractivity contribution in [3.05, 3.63) is 0 Å². The highest BCUT2D eigenvalue weighted by Gasteiger charge is 2.23. The molecular formula is C14H26N4O3. The van der Waals surface area contributed by atoms with Crippen LogP contribution >= 0.6 is 0 Å². The van der Waals surface area contributed by atoms with E-state index in [1.54, 1.807) is 0 Å². The van der Waals surface area contributed by atoms with Crippen LogP contribution in [-0.2, 0) is 9.59 Å². The van der Waals surface area contributed by atoms with Gasteiger partial charge in [0.25, 0.3) is 0 Å². The Morgan fingerprint density at radius 3 is 2.29 bits per heavy atom. The van der Waals surface area contributed by atoms with Crippen molar-refractivity contribution in [2.45, 2.75) is 25.3 Å². The minimum Gasteiger partial charge on any atom is -0.480 e. The molecule has 7 heteroatoms. The van der Waals surface area contributed by atoms with Crippen LogP contribution in [0, 0.1) is 0 Å². The number of rotatable bonds is 4. The van der Waals surface area contributed by atoms with E-state index in [1.165, 1.54) is 0 Å². The summed E-state index contributed by atoms with van der Waals surface area (Å²) in [6, 6.07) is 0.277. The van der Waals surface area contributed by atoms with Crippen LogP contribution < -0.4 is 5.73 Å². The second-order valence-corrected chi connectivity index (χ2v) is 6.02. The summed E-state index contributed by atoms with van der Waals surface area (Å²) in [5, 5.41) is 8.83. The molecule has 2 saturated heterocycles. The Bertz CT molecular complexity index is 369. The second kappa shape index (κ2) is 7.72. The van der Waals surface area contributed by atoms with Gasteiger partial charge in [-0.25, -0.2) is 0 Å². The first kappa shape index (κ1) is 16.2. The van der Waals surface area contributed by atoms with Crippen molar-refractivity contribution in [2.75, 3.05) is 52.4 Å². The molecule has 7 nitrogen and oxygen atoms in total. The Morgan fingerprint density at radius 1 is 0.952 bits per heavy atom. The Labute approximate surface area is 125 Å². The van der Waals surface area contributed by atoms with Crippen molar-refractivity contribution in [3.63, 3.8) is 0 Å². The Morgan fingerprint density at radius 2 is 1.62 bits per heavy atom. The summed E-state index contributed by atoms with van der Waals surface area (Å²) >= 11 is 0. The summed E-state index contributed by atoms with van der Waals surface area (Å²) in [5.41, 5.74) is 5.87. The molecule has 0 unspecified atom stereocenters. The van der Waals surface area contributed by atoms with Gasteiger partial charge in [0.2, 0.25) is 5.91 Å². The van der Waals surface area contributed by atoms with Crippen LogP contribution in [0.2, 0.25) is 0 Å². The molecule has 2 heterocycles. The van der Waals surface area contributed by atoms with Gasteiger partial charge in [-0.05, 0) is 19.3 Å². The highest BCUT2D eigenvalue weighted by molar-refractivity contribution is 5.78. The molecule has 21 heavy (non-hydrogen) atoms. The average molecular weight is 298 g/mol. The van der Waals surface area contributed by atoms with E-state index in [0.29, 0.717) is 19.6 Å². The van der Waals surface area contributed by atoms with E-state index < -0.39 is 5.97 Å². The third-order valence-corrected chi connectivity index (χ3v) is 4.29. The van der Waals surface area contributed by atoms with Crippen LogP contribution in [0.3, 0.4) is 0 Å². The molecule has 1 amide bonds. The third kappa shape index (κ3) is 5.26. The van der Waals surface area contributed by atoms with E-state index in [2.05, 4.69) is 4.90 Å². The number of nitrogens with two attached hydrogens (primary N) is 1. The van der Waals surface area contributed by atoms with Gasteiger partial charge in [-0.2, -0.15) is 0 Å². The number of hydrogen-bond donors (Lipinski definition) is 2. The van der Waals surface area contributed by atoms with Gasteiger partial charge in [-0.15, -0.1) is 0 Å². The number of carboxylic acids is 1. The van der Waals surface area contributed by atoms with Gasteiger partial charge < -0.3 is 15.7 Å². The summed E-state index contributed by atoms with van der Waals surface area (Å²) in [5.74, 6) is -0.651. The van der Waals surface area contributed by atoms with Crippen LogP contribution in [0.4, 0.5) is 0 Å². The SMILES string of the molecule is NC1CCN(CC(=O)N2CCCN(CC(=O)O)CC2)CC1. The zero-order valence-electron chi connectivity index (χ0n) is 12.5. The first-order valence-corrected chi connectivity index (χ1v) is 7.74. The smallest absolute Gasteiger partial charge is 0.317 e. The normalized spacial score (nSPS) is 23.0. The van der Waals surface area contributed by atoms with Gasteiger partial charge in [0.15, 0.2) is 0 Å². The van der Waals surface area contributed by atoms with Crippen molar-refractivity contribution in [3.8, 4) is 0 Å². The number of carboxylic acid groups (broad SMARTS) is 1. The standard InChI is InChI=1S/C14H26N4O3/c15-12-2-6-17(7-3-12)10-13(19)18-5-1-4-16(8-9-18)11-14(20)21/h12H,1-11,15H2,(H,20,21). The summed E-state index contributed by atoms with van der Waals surface area (Å²) in [6.45, 7) is 5.05. The fourth-order valence-electron chi connectivity index (χ4n) is 2.97. The quantitative estimate of drug-likeness (QED) is 0.694. The van der Waals surface area contributed by atoms with Gasteiger partial charge in [-0.1, -0.05) is 0 Å². The van der Waals surface area contributed by atoms with Crippen LogP contribution in [-0.4, -0.2) is 90.1 Å². The Balaban J connectivity index is 1.76. The maximum absolute atomic E-state index is 12.3. The number of piperidine rings is 1. The van der Waals surface area contributed by atoms with Crippen molar-refractivity contribution in [1.82, 2.24) is 14.7 Å². The molecule has 0 aromatic rings. The summed E-state index contributed by atoms with van der Waals surface area (Å²) in [6.07, 6.45) is 2.75. The molecule has 2 fully saturated rings. The van der Waals surface area contributed by atoms with E-state index in [4.69, 9.17) is 10.8 Å². The lowest BCUT2D eigenvalue weighted by Crippen LogP contribution is -2.46. The maximum atomic E-state index is 12.3. The average Bonchev–Trinajstić information content (AvgIpc) is 2.66. The van der Waals surface area contributed by atoms with E-state index in [-0.39, 0.29) is 18.5 Å². The lowest BCUT2D eigenvalue weighted by atomic mass is 10.1. The van der Waals surface area contributed by atoms with E-state index in [1.807, 2.05) is 9.80 Å². The van der Waals surface area contributed by atoms with Crippen molar-refractivity contribution in [1.29, 1.82) is 0 Å². The fraction of sp³-hybridized carbons (Fsp3) is 0.857. The first-order valence-electron chi connectivity index (χ1n) is 7.74. The van der Waals surface area contributed by atoms with Crippen LogP contribution in [0.1, 0.15) is 19.3 Å². The second-order valence-electron chi connectivity index (χ2n) is 6.02. The lowest BCUT2D eigenvalue weighted by Gasteiger charge is -2.31. The van der Waals surface area contributed by atoms with E-state index in [0.717, 1.165) is 45.4 Å². The number of nitrogens with zero attached hydrogens (tertiary/aromatic N) is 3. The maximum Gasteiger partial charge on any atom is 0.317 e. The van der Waals surface area contributed by atoms with E-state index in [9.17, 15) is 9.59 Å². The minimum atomic E-state index is -0.806. The van der Waals surface area contributed by atoms with Gasteiger partial charge in [0.1, 0.15) is 0 Å². The molecule has 2 rings (SSSR count). The minimum absolute atomic E-state index is 0.0616. The molecule has 2 aliphatic heterocycles. The largest absolute Gasteiger partial charge is 0.480 e. The highest BCUT2D eigenvalue weighted by Crippen LogP contribution is 2.09. The van der Waals surface area contributed by atoms with Gasteiger partial charge in [0, 0.05) is 45.3 Å². The van der Waals surface area contributed by atoms with Crippen molar-refractivity contribution in [2.24, 2.45) is 5.73 Å². The molecule has 0 aromatic carbocycles. The van der Waals surface area contributed by atoms with Gasteiger partial charge in [-0.3, -0.25) is 19.4 Å². The molecular weight excluding hydrogens is 272 g/mol. The lowest BCUT2D eigenvalue weighted by molar-refractivity contribution is -0.138. The summed E-state index contributed by atoms with van der Waals surface area (Å²) in [4.78, 5) is 29.0. The molecule has 2 aliphatic rings. The number of carbonyl (C=O) groups excluding carboxylic acids is 1. The first-order chi connectivity index (χ1) is 10.0. The number of aliphatic carboxylic acids is 1. The van der Waals surface area contributed by atoms with Crippen LogP contribution in [0.15, 0.2) is 0 Å². The number of hydrogen-bond acceptors (Lipinski definition) is 5. The molecule has 0 aromatic heterocycles.